The largest absolute Gasteiger partial charge is 0.481 e. The minimum Gasteiger partial charge on any atom is -0.481 e. The van der Waals surface area contributed by atoms with Gasteiger partial charge in [-0.1, -0.05) is 68.4 Å². The summed E-state index contributed by atoms with van der Waals surface area (Å²) >= 11 is 0. The van der Waals surface area contributed by atoms with Gasteiger partial charge in [-0.15, -0.1) is 0 Å². The Bertz CT molecular complexity index is 362. The maximum atomic E-state index is 10.3. The molecule has 124 valence electrons. The van der Waals surface area contributed by atoms with Gasteiger partial charge in [0.25, 0.3) is 0 Å². The topological polar surface area (TPSA) is 37.3 Å². The van der Waals surface area contributed by atoms with Crippen LogP contribution < -0.4 is 0 Å². The van der Waals surface area contributed by atoms with Crippen molar-refractivity contribution in [1.29, 1.82) is 0 Å². The van der Waals surface area contributed by atoms with Gasteiger partial charge in [0.15, 0.2) is 0 Å². The molecule has 2 heteroatoms. The van der Waals surface area contributed by atoms with Crippen LogP contribution in [0.5, 0.6) is 0 Å². The number of carboxylic acids is 1. The van der Waals surface area contributed by atoms with Crippen LogP contribution >= 0.6 is 0 Å². The molecule has 0 aliphatic carbocycles. The summed E-state index contributed by atoms with van der Waals surface area (Å²) in [6, 6.07) is 0. The molecule has 0 aliphatic heterocycles. The van der Waals surface area contributed by atoms with Crippen molar-refractivity contribution in [3.8, 4) is 0 Å². The van der Waals surface area contributed by atoms with Gasteiger partial charge in [0.1, 0.15) is 0 Å². The van der Waals surface area contributed by atoms with Crippen molar-refractivity contribution in [3.63, 3.8) is 0 Å². The summed E-state index contributed by atoms with van der Waals surface area (Å²) in [4.78, 5) is 10.3. The molecule has 0 saturated heterocycles. The number of carbonyl (C=O) groups is 1. The van der Waals surface area contributed by atoms with Crippen LogP contribution in [-0.4, -0.2) is 11.1 Å². The van der Waals surface area contributed by atoms with Gasteiger partial charge in [0.2, 0.25) is 0 Å². The zero-order chi connectivity index (χ0) is 16.3. The lowest BCUT2D eigenvalue weighted by Crippen LogP contribution is -1.92. The monoisotopic (exact) mass is 304 g/mol. The lowest BCUT2D eigenvalue weighted by atomic mass is 10.2. The first-order valence-electron chi connectivity index (χ1n) is 8.59. The van der Waals surface area contributed by atoms with Crippen LogP contribution in [0.3, 0.4) is 0 Å². The molecule has 0 bridgehead atoms. The molecular formula is C20H32O2. The lowest BCUT2D eigenvalue weighted by molar-refractivity contribution is -0.137. The second kappa shape index (κ2) is 17.5. The van der Waals surface area contributed by atoms with E-state index in [1.165, 1.54) is 19.3 Å². The molecule has 0 aliphatic rings. The second-order valence-electron chi connectivity index (χ2n) is 5.36. The van der Waals surface area contributed by atoms with Crippen LogP contribution in [-0.2, 0) is 4.79 Å². The molecule has 0 heterocycles. The Morgan fingerprint density at radius 2 is 1.18 bits per heavy atom. The molecule has 0 amide bonds. The predicted molar refractivity (Wildman–Crippen MR) is 96.0 cm³/mol. The van der Waals surface area contributed by atoms with E-state index in [9.17, 15) is 4.79 Å². The van der Waals surface area contributed by atoms with Crippen molar-refractivity contribution in [3.05, 3.63) is 48.6 Å². The SMILES string of the molecule is CCCCC=CCCC=CCC=CCC=CCCCC(=O)O. The van der Waals surface area contributed by atoms with Gasteiger partial charge in [0.05, 0.1) is 0 Å². The molecule has 0 radical (unpaired) electrons. The number of hydrogen-bond acceptors (Lipinski definition) is 1. The van der Waals surface area contributed by atoms with Crippen molar-refractivity contribution in [2.24, 2.45) is 0 Å². The van der Waals surface area contributed by atoms with Gasteiger partial charge in [-0.3, -0.25) is 4.79 Å². The van der Waals surface area contributed by atoms with Crippen molar-refractivity contribution in [2.75, 3.05) is 0 Å². The van der Waals surface area contributed by atoms with Crippen LogP contribution in [0.25, 0.3) is 0 Å². The average molecular weight is 304 g/mol. The van der Waals surface area contributed by atoms with Crippen LogP contribution in [0, 0.1) is 0 Å². The smallest absolute Gasteiger partial charge is 0.303 e. The zero-order valence-corrected chi connectivity index (χ0v) is 14.0. The highest BCUT2D eigenvalue weighted by Crippen LogP contribution is 2.00. The summed E-state index contributed by atoms with van der Waals surface area (Å²) < 4.78 is 0. The standard InChI is InChI=1S/C20H32O2/c1-2-3-4-5-6-7-8-9-10-11-12-13-14-15-16-17-18-19-20(21)22/h5-6,9-10,12-13,15-16H,2-4,7-8,11,14,17-19H2,1H3,(H,21,22). The van der Waals surface area contributed by atoms with E-state index in [-0.39, 0.29) is 6.42 Å². The van der Waals surface area contributed by atoms with E-state index in [4.69, 9.17) is 5.11 Å². The molecule has 0 aromatic heterocycles. The Labute approximate surface area is 136 Å². The van der Waals surface area contributed by atoms with E-state index in [1.807, 2.05) is 0 Å². The van der Waals surface area contributed by atoms with Crippen LogP contribution in [0.2, 0.25) is 0 Å². The van der Waals surface area contributed by atoms with Crippen molar-refractivity contribution in [2.45, 2.75) is 71.1 Å². The first-order chi connectivity index (χ1) is 10.8. The van der Waals surface area contributed by atoms with E-state index in [2.05, 4.69) is 55.5 Å². The number of rotatable bonds is 14. The molecule has 2 nitrogen and oxygen atoms in total. The first kappa shape index (κ1) is 20.4. The van der Waals surface area contributed by atoms with Crippen molar-refractivity contribution in [1.82, 2.24) is 0 Å². The third kappa shape index (κ3) is 18.4. The Morgan fingerprint density at radius 3 is 1.77 bits per heavy atom. The number of carboxylic acid groups (broad SMARTS) is 1. The van der Waals surface area contributed by atoms with E-state index in [1.54, 1.807) is 0 Å². The van der Waals surface area contributed by atoms with E-state index in [0.717, 1.165) is 38.5 Å². The molecule has 1 N–H and O–H groups in total. The summed E-state index contributed by atoms with van der Waals surface area (Å²) in [5.41, 5.74) is 0. The first-order valence-corrected chi connectivity index (χ1v) is 8.59. The average Bonchev–Trinajstić information content (AvgIpc) is 2.50. The maximum Gasteiger partial charge on any atom is 0.303 e. The summed E-state index contributed by atoms with van der Waals surface area (Å²) in [6.07, 6.45) is 27.3. The Morgan fingerprint density at radius 1 is 0.727 bits per heavy atom. The molecule has 0 aromatic rings. The Kier molecular flexibility index (Phi) is 16.2. The molecular weight excluding hydrogens is 272 g/mol. The van der Waals surface area contributed by atoms with Crippen LogP contribution in [0.15, 0.2) is 48.6 Å². The molecule has 0 spiro atoms. The van der Waals surface area contributed by atoms with Gasteiger partial charge in [-0.25, -0.2) is 0 Å². The van der Waals surface area contributed by atoms with E-state index in [0.29, 0.717) is 0 Å². The Balaban J connectivity index is 3.39. The maximum absolute atomic E-state index is 10.3. The van der Waals surface area contributed by atoms with Gasteiger partial charge < -0.3 is 5.11 Å². The summed E-state index contributed by atoms with van der Waals surface area (Å²) in [6.45, 7) is 2.22. The zero-order valence-electron chi connectivity index (χ0n) is 14.0. The fourth-order valence-electron chi connectivity index (χ4n) is 1.90. The van der Waals surface area contributed by atoms with Crippen LogP contribution in [0.4, 0.5) is 0 Å². The number of aliphatic carboxylic acids is 1. The molecule has 0 rings (SSSR count). The van der Waals surface area contributed by atoms with E-state index < -0.39 is 5.97 Å². The molecule has 0 fully saturated rings. The molecule has 0 aromatic carbocycles. The molecule has 0 atom stereocenters. The number of unbranched alkanes of at least 4 members (excludes halogenated alkanes) is 4. The lowest BCUT2D eigenvalue weighted by Gasteiger charge is -1.90. The third-order valence-electron chi connectivity index (χ3n) is 3.20. The predicted octanol–water partition coefficient (Wildman–Crippen LogP) is 6.22. The molecule has 22 heavy (non-hydrogen) atoms. The summed E-state index contributed by atoms with van der Waals surface area (Å²) in [5, 5.41) is 8.49. The quantitative estimate of drug-likeness (QED) is 0.305. The minimum atomic E-state index is -0.712. The summed E-state index contributed by atoms with van der Waals surface area (Å²) in [5.74, 6) is -0.712. The van der Waals surface area contributed by atoms with Crippen molar-refractivity contribution < 1.29 is 9.90 Å². The van der Waals surface area contributed by atoms with Gasteiger partial charge in [-0.2, -0.15) is 0 Å². The van der Waals surface area contributed by atoms with Gasteiger partial charge >= 0.3 is 5.97 Å². The number of hydrogen-bond donors (Lipinski definition) is 1. The normalized spacial score (nSPS) is 12.4. The molecule has 0 saturated carbocycles. The van der Waals surface area contributed by atoms with Crippen molar-refractivity contribution >= 4 is 5.97 Å². The second-order valence-corrected chi connectivity index (χ2v) is 5.36. The highest BCUT2D eigenvalue weighted by Gasteiger charge is 1.92. The Hall–Kier alpha value is -1.57. The fourth-order valence-corrected chi connectivity index (χ4v) is 1.90. The summed E-state index contributed by atoms with van der Waals surface area (Å²) in [7, 11) is 0. The number of allylic oxidation sites excluding steroid dienone is 8. The highest BCUT2D eigenvalue weighted by atomic mass is 16.4. The third-order valence-corrected chi connectivity index (χ3v) is 3.20. The van der Waals surface area contributed by atoms with E-state index >= 15 is 0 Å². The molecule has 0 unspecified atom stereocenters. The van der Waals surface area contributed by atoms with Gasteiger partial charge in [-0.05, 0) is 44.9 Å². The fraction of sp³-hybridized carbons (Fsp3) is 0.550. The van der Waals surface area contributed by atoms with Gasteiger partial charge in [0, 0.05) is 6.42 Å². The van der Waals surface area contributed by atoms with Crippen LogP contribution in [0.1, 0.15) is 71.1 Å². The highest BCUT2D eigenvalue weighted by molar-refractivity contribution is 5.66. The minimum absolute atomic E-state index is 0.263.